The van der Waals surface area contributed by atoms with Gasteiger partial charge in [-0.3, -0.25) is 9.59 Å². The van der Waals surface area contributed by atoms with Gasteiger partial charge in [-0.05, 0) is 57.8 Å². The molecule has 0 aromatic carbocycles. The van der Waals surface area contributed by atoms with Gasteiger partial charge in [0.15, 0.2) is 0 Å². The van der Waals surface area contributed by atoms with E-state index in [4.69, 9.17) is 4.74 Å². The van der Waals surface area contributed by atoms with Gasteiger partial charge in [0.2, 0.25) is 5.91 Å². The number of hydrogen-bond donors (Lipinski definition) is 3. The highest BCUT2D eigenvalue weighted by Crippen LogP contribution is 2.17. The number of allylic oxidation sites excluding steroid dienone is 3. The lowest BCUT2D eigenvalue weighted by atomic mass is 10.0. The van der Waals surface area contributed by atoms with Crippen molar-refractivity contribution in [2.75, 3.05) is 13.2 Å². The number of carbonyl (C=O) groups excluding carboxylic acids is 2. The molecule has 0 fully saturated rings. The van der Waals surface area contributed by atoms with E-state index in [2.05, 4.69) is 31.3 Å². The molecule has 0 spiro atoms. The predicted molar refractivity (Wildman–Crippen MR) is 283 cm³/mol. The fourth-order valence-electron chi connectivity index (χ4n) is 8.98. The van der Waals surface area contributed by atoms with Gasteiger partial charge in [0.1, 0.15) is 0 Å². The van der Waals surface area contributed by atoms with Gasteiger partial charge in [0, 0.05) is 12.8 Å². The minimum absolute atomic E-state index is 0.000994. The van der Waals surface area contributed by atoms with Gasteiger partial charge in [-0.2, -0.15) is 0 Å². The lowest BCUT2D eigenvalue weighted by molar-refractivity contribution is -0.143. The number of amides is 1. The Labute approximate surface area is 405 Å². The van der Waals surface area contributed by atoms with Crippen molar-refractivity contribution in [2.24, 2.45) is 0 Å². The highest BCUT2D eigenvalue weighted by Gasteiger charge is 2.18. The lowest BCUT2D eigenvalue weighted by Gasteiger charge is -2.20. The third kappa shape index (κ3) is 51.6. The zero-order chi connectivity index (χ0) is 47.2. The average Bonchev–Trinajstić information content (AvgIpc) is 3.31. The number of hydrogen-bond acceptors (Lipinski definition) is 5. The van der Waals surface area contributed by atoms with Gasteiger partial charge >= 0.3 is 5.97 Å². The molecule has 0 aliphatic rings. The van der Waals surface area contributed by atoms with Crippen LogP contribution in [0.5, 0.6) is 0 Å². The van der Waals surface area contributed by atoms with Gasteiger partial charge in [0.05, 0.1) is 25.4 Å². The van der Waals surface area contributed by atoms with Crippen LogP contribution >= 0.6 is 0 Å². The van der Waals surface area contributed by atoms with Gasteiger partial charge in [-0.25, -0.2) is 0 Å². The van der Waals surface area contributed by atoms with Crippen LogP contribution in [0.25, 0.3) is 0 Å². The van der Waals surface area contributed by atoms with E-state index in [1.165, 1.54) is 231 Å². The molecule has 0 aromatic rings. The van der Waals surface area contributed by atoms with E-state index in [0.717, 1.165) is 57.8 Å². The van der Waals surface area contributed by atoms with E-state index in [9.17, 15) is 19.8 Å². The molecule has 6 heteroatoms. The van der Waals surface area contributed by atoms with Crippen LogP contribution in [-0.2, 0) is 14.3 Å². The highest BCUT2D eigenvalue weighted by molar-refractivity contribution is 5.76. The fraction of sp³-hybridized carbons (Fsp3) is 0.898. The van der Waals surface area contributed by atoms with Gasteiger partial charge < -0.3 is 20.3 Å². The average molecular weight is 917 g/mol. The van der Waals surface area contributed by atoms with Crippen molar-refractivity contribution < 1.29 is 24.5 Å². The molecule has 0 aliphatic carbocycles. The summed E-state index contributed by atoms with van der Waals surface area (Å²) >= 11 is 0. The molecule has 0 radical (unpaired) electrons. The van der Waals surface area contributed by atoms with Crippen molar-refractivity contribution in [1.82, 2.24) is 5.32 Å². The molecular formula is C59H113NO5. The third-order valence-corrected chi connectivity index (χ3v) is 13.5. The first-order chi connectivity index (χ1) is 32.0. The summed E-state index contributed by atoms with van der Waals surface area (Å²) in [5.74, 6) is -0.0789. The summed E-state index contributed by atoms with van der Waals surface area (Å²) in [5, 5.41) is 23.1. The second-order valence-electron chi connectivity index (χ2n) is 20.0. The molecule has 2 atom stereocenters. The van der Waals surface area contributed by atoms with Gasteiger partial charge in [-0.1, -0.05) is 269 Å². The molecular weight excluding hydrogens is 803 g/mol. The number of nitrogens with one attached hydrogen (secondary N) is 1. The van der Waals surface area contributed by atoms with E-state index in [-0.39, 0.29) is 18.5 Å². The molecule has 0 bridgehead atoms. The van der Waals surface area contributed by atoms with E-state index in [1.807, 2.05) is 6.08 Å². The standard InChI is InChI=1S/C59H113NO5/c1-3-5-7-9-11-13-15-17-18-19-21-24-28-31-35-39-43-47-51-57(62)56(55-61)60-58(63)52-48-44-40-36-32-29-25-22-20-23-26-30-34-38-42-46-50-54-65-59(64)53-49-45-41-37-33-27-16-14-12-10-8-6-4-2/h20,23,47,51,56-57,61-62H,3-19,21-22,24-46,48-50,52-55H2,1-2H3,(H,60,63)/b23-20-,51-47+. The molecule has 0 heterocycles. The maximum atomic E-state index is 12.5. The fourth-order valence-corrected chi connectivity index (χ4v) is 8.98. The molecule has 65 heavy (non-hydrogen) atoms. The first kappa shape index (κ1) is 63.3. The molecule has 3 N–H and O–H groups in total. The summed E-state index contributed by atoms with van der Waals surface area (Å²) in [7, 11) is 0. The van der Waals surface area contributed by atoms with E-state index < -0.39 is 12.1 Å². The lowest BCUT2D eigenvalue weighted by Crippen LogP contribution is -2.45. The third-order valence-electron chi connectivity index (χ3n) is 13.5. The molecule has 384 valence electrons. The minimum Gasteiger partial charge on any atom is -0.466 e. The Morgan fingerprint density at radius 1 is 0.415 bits per heavy atom. The summed E-state index contributed by atoms with van der Waals surface area (Å²) in [6.45, 7) is 4.90. The van der Waals surface area contributed by atoms with Gasteiger partial charge in [-0.15, -0.1) is 0 Å². The van der Waals surface area contributed by atoms with Crippen LogP contribution in [0.3, 0.4) is 0 Å². The zero-order valence-electron chi connectivity index (χ0n) is 43.7. The quantitative estimate of drug-likeness (QED) is 0.0321. The van der Waals surface area contributed by atoms with E-state index >= 15 is 0 Å². The van der Waals surface area contributed by atoms with E-state index in [1.54, 1.807) is 6.08 Å². The monoisotopic (exact) mass is 916 g/mol. The minimum atomic E-state index is -0.852. The smallest absolute Gasteiger partial charge is 0.305 e. The van der Waals surface area contributed by atoms with E-state index in [0.29, 0.717) is 19.4 Å². The summed E-state index contributed by atoms with van der Waals surface area (Å²) in [6.07, 6.45) is 66.2. The number of rotatable bonds is 54. The molecule has 0 saturated carbocycles. The van der Waals surface area contributed by atoms with Crippen LogP contribution in [0.2, 0.25) is 0 Å². The SMILES string of the molecule is CCCCCCCCCCCCCCCCCC/C=C/C(O)C(CO)NC(=O)CCCCCCCCC/C=C\CCCCCCCCOC(=O)CCCCCCCCCCCCCCC. The summed E-state index contributed by atoms with van der Waals surface area (Å²) in [4.78, 5) is 24.5. The largest absolute Gasteiger partial charge is 0.466 e. The Kier molecular flexibility index (Phi) is 53.5. The van der Waals surface area contributed by atoms with Crippen LogP contribution in [0.4, 0.5) is 0 Å². The number of ether oxygens (including phenoxy) is 1. The van der Waals surface area contributed by atoms with Crippen LogP contribution in [0, 0.1) is 0 Å². The Morgan fingerprint density at radius 2 is 0.723 bits per heavy atom. The van der Waals surface area contributed by atoms with Crippen molar-refractivity contribution in [3.05, 3.63) is 24.3 Å². The maximum Gasteiger partial charge on any atom is 0.305 e. The number of aliphatic hydroxyl groups is 2. The van der Waals surface area contributed by atoms with Crippen molar-refractivity contribution >= 4 is 11.9 Å². The molecule has 1 amide bonds. The first-order valence-corrected chi connectivity index (χ1v) is 29.1. The number of unbranched alkanes of at least 4 members (excludes halogenated alkanes) is 41. The molecule has 0 aliphatic heterocycles. The molecule has 2 unspecified atom stereocenters. The van der Waals surface area contributed by atoms with Crippen LogP contribution in [0.1, 0.15) is 316 Å². The van der Waals surface area contributed by atoms with Crippen LogP contribution in [0.15, 0.2) is 24.3 Å². The molecule has 6 nitrogen and oxygen atoms in total. The number of carbonyl (C=O) groups is 2. The van der Waals surface area contributed by atoms with Crippen molar-refractivity contribution in [3.8, 4) is 0 Å². The topological polar surface area (TPSA) is 95.9 Å². The second-order valence-corrected chi connectivity index (χ2v) is 20.0. The summed E-state index contributed by atoms with van der Waals surface area (Å²) in [5.41, 5.74) is 0. The van der Waals surface area contributed by atoms with Crippen molar-refractivity contribution in [1.29, 1.82) is 0 Å². The highest BCUT2D eigenvalue weighted by atomic mass is 16.5. The predicted octanol–water partition coefficient (Wildman–Crippen LogP) is 17.9. The van der Waals surface area contributed by atoms with Gasteiger partial charge in [0.25, 0.3) is 0 Å². The Hall–Kier alpha value is -1.66. The van der Waals surface area contributed by atoms with Crippen molar-refractivity contribution in [3.63, 3.8) is 0 Å². The maximum absolute atomic E-state index is 12.5. The summed E-state index contributed by atoms with van der Waals surface area (Å²) < 4.78 is 5.46. The summed E-state index contributed by atoms with van der Waals surface area (Å²) in [6, 6.07) is -0.637. The first-order valence-electron chi connectivity index (χ1n) is 29.1. The Bertz CT molecular complexity index is 1010. The molecule has 0 saturated heterocycles. The van der Waals surface area contributed by atoms with Crippen LogP contribution in [-0.4, -0.2) is 47.4 Å². The Morgan fingerprint density at radius 3 is 1.09 bits per heavy atom. The normalized spacial score (nSPS) is 12.7. The Balaban J connectivity index is 3.49. The number of aliphatic hydroxyl groups excluding tert-OH is 2. The van der Waals surface area contributed by atoms with Crippen molar-refractivity contribution in [2.45, 2.75) is 328 Å². The van der Waals surface area contributed by atoms with Crippen LogP contribution < -0.4 is 5.32 Å². The number of esters is 1. The molecule has 0 rings (SSSR count). The second kappa shape index (κ2) is 54.9. The molecule has 0 aromatic heterocycles. The zero-order valence-corrected chi connectivity index (χ0v) is 43.7.